The molecule has 0 radical (unpaired) electrons. The number of rotatable bonds is 4. The first-order chi connectivity index (χ1) is 13.2. The summed E-state index contributed by atoms with van der Waals surface area (Å²) in [6.45, 7) is 0.0952. The molecule has 0 fully saturated rings. The number of alkyl halides is 3. The third kappa shape index (κ3) is 2.92. The van der Waals surface area contributed by atoms with Crippen LogP contribution in [-0.2, 0) is 16.7 Å². The number of halogens is 3. The Labute approximate surface area is 158 Å². The van der Waals surface area contributed by atoms with Crippen molar-refractivity contribution in [1.82, 2.24) is 19.2 Å². The number of aromatic nitrogens is 4. The van der Waals surface area contributed by atoms with E-state index in [-0.39, 0.29) is 22.4 Å². The van der Waals surface area contributed by atoms with E-state index in [9.17, 15) is 26.4 Å². The molecule has 4 rings (SSSR count). The van der Waals surface area contributed by atoms with Gasteiger partial charge in [0.15, 0.2) is 11.4 Å². The fourth-order valence-electron chi connectivity index (χ4n) is 2.62. The second-order valence-electron chi connectivity index (χ2n) is 5.61. The topological polar surface area (TPSA) is 95.6 Å². The zero-order valence-corrected chi connectivity index (χ0v) is 15.3. The van der Waals surface area contributed by atoms with Gasteiger partial charge < -0.3 is 4.18 Å². The van der Waals surface area contributed by atoms with Crippen LogP contribution in [0.4, 0.5) is 13.2 Å². The molecule has 3 aromatic heterocycles. The van der Waals surface area contributed by atoms with E-state index in [1.165, 1.54) is 4.57 Å². The fourth-order valence-corrected chi connectivity index (χ4v) is 4.11. The SMILES string of the molecule is O=c1n(Cc2ccccc2)c2scc(OS(=O)(=O)C(F)(F)F)c2c2ncnn12. The summed E-state index contributed by atoms with van der Waals surface area (Å²) in [5.41, 5.74) is -5.51. The lowest BCUT2D eigenvalue weighted by atomic mass is 10.2. The van der Waals surface area contributed by atoms with Gasteiger partial charge in [-0.3, -0.25) is 4.57 Å². The maximum atomic E-state index is 12.8. The highest BCUT2D eigenvalue weighted by Gasteiger charge is 2.49. The van der Waals surface area contributed by atoms with E-state index in [1.807, 2.05) is 0 Å². The molecule has 0 amide bonds. The molecule has 4 aromatic rings. The van der Waals surface area contributed by atoms with Crippen LogP contribution in [0.25, 0.3) is 15.9 Å². The van der Waals surface area contributed by atoms with E-state index in [2.05, 4.69) is 14.3 Å². The average molecular weight is 430 g/mol. The lowest BCUT2D eigenvalue weighted by Crippen LogP contribution is -2.29. The molecule has 0 spiro atoms. The van der Waals surface area contributed by atoms with E-state index < -0.39 is 27.1 Å². The highest BCUT2D eigenvalue weighted by atomic mass is 32.2. The van der Waals surface area contributed by atoms with Crippen LogP contribution in [0.3, 0.4) is 0 Å². The van der Waals surface area contributed by atoms with Crippen LogP contribution in [-0.4, -0.2) is 33.1 Å². The number of hydrogen-bond donors (Lipinski definition) is 0. The number of thiophene rings is 1. The van der Waals surface area contributed by atoms with Gasteiger partial charge in [-0.25, -0.2) is 9.78 Å². The first-order valence-corrected chi connectivity index (χ1v) is 9.86. The van der Waals surface area contributed by atoms with Crippen molar-refractivity contribution in [3.8, 4) is 5.75 Å². The van der Waals surface area contributed by atoms with Crippen LogP contribution in [0.2, 0.25) is 0 Å². The first kappa shape index (κ1) is 18.4. The zero-order chi connectivity index (χ0) is 20.1. The lowest BCUT2D eigenvalue weighted by molar-refractivity contribution is -0.0499. The van der Waals surface area contributed by atoms with Crippen molar-refractivity contribution in [1.29, 1.82) is 0 Å². The van der Waals surface area contributed by atoms with Gasteiger partial charge in [-0.1, -0.05) is 30.3 Å². The van der Waals surface area contributed by atoms with Crippen molar-refractivity contribution >= 4 is 37.3 Å². The Kier molecular flexibility index (Phi) is 4.15. The number of fused-ring (bicyclic) bond motifs is 3. The predicted molar refractivity (Wildman–Crippen MR) is 93.8 cm³/mol. The van der Waals surface area contributed by atoms with Crippen molar-refractivity contribution in [3.63, 3.8) is 0 Å². The van der Waals surface area contributed by atoms with Gasteiger partial charge in [-0.05, 0) is 5.56 Å². The molecule has 0 unspecified atom stereocenters. The maximum Gasteiger partial charge on any atom is 0.534 e. The van der Waals surface area contributed by atoms with Crippen LogP contribution in [0, 0.1) is 0 Å². The Balaban J connectivity index is 1.96. The van der Waals surface area contributed by atoms with Gasteiger partial charge in [0.05, 0.1) is 11.9 Å². The summed E-state index contributed by atoms with van der Waals surface area (Å²) in [5, 5.41) is 4.82. The number of nitrogens with zero attached hydrogens (tertiary/aromatic N) is 4. The molecular weight excluding hydrogens is 421 g/mol. The molecule has 0 atom stereocenters. The summed E-state index contributed by atoms with van der Waals surface area (Å²) in [6, 6.07) is 8.86. The standard InChI is InChI=1S/C15H9F3N4O4S2/c16-15(17,18)28(24,25)26-10-7-27-13-11(10)12-19-8-20-22(12)14(23)21(13)6-9-4-2-1-3-5-9/h1-5,7-8H,6H2. The molecule has 3 heterocycles. The van der Waals surface area contributed by atoms with Crippen LogP contribution in [0.5, 0.6) is 5.75 Å². The molecule has 13 heteroatoms. The number of hydrogen-bond acceptors (Lipinski definition) is 7. The molecule has 0 N–H and O–H groups in total. The highest BCUT2D eigenvalue weighted by Crippen LogP contribution is 2.37. The monoisotopic (exact) mass is 430 g/mol. The van der Waals surface area contributed by atoms with Gasteiger partial charge in [0.2, 0.25) is 0 Å². The molecule has 28 heavy (non-hydrogen) atoms. The Morgan fingerprint density at radius 3 is 2.57 bits per heavy atom. The molecule has 146 valence electrons. The molecule has 1 aromatic carbocycles. The molecule has 0 aliphatic carbocycles. The van der Waals surface area contributed by atoms with Gasteiger partial charge in [0, 0.05) is 5.38 Å². The van der Waals surface area contributed by atoms with Gasteiger partial charge in [0.25, 0.3) is 0 Å². The van der Waals surface area contributed by atoms with Crippen molar-refractivity contribution in [2.45, 2.75) is 12.1 Å². The summed E-state index contributed by atoms with van der Waals surface area (Å²) >= 11 is 0.869. The van der Waals surface area contributed by atoms with Gasteiger partial charge in [-0.2, -0.15) is 31.2 Å². The molecular formula is C15H9F3N4O4S2. The van der Waals surface area contributed by atoms with E-state index in [4.69, 9.17) is 0 Å². The Morgan fingerprint density at radius 2 is 1.89 bits per heavy atom. The summed E-state index contributed by atoms with van der Waals surface area (Å²) in [4.78, 5) is 16.8. The molecule has 0 saturated carbocycles. The minimum Gasteiger partial charge on any atom is -0.374 e. The van der Waals surface area contributed by atoms with Crippen molar-refractivity contribution < 1.29 is 25.8 Å². The smallest absolute Gasteiger partial charge is 0.374 e. The third-order valence-corrected chi connectivity index (χ3v) is 5.78. The fraction of sp³-hybridized carbons (Fsp3) is 0.133. The normalized spacial score (nSPS) is 12.7. The summed E-state index contributed by atoms with van der Waals surface area (Å²) in [5.74, 6) is -0.572. The third-order valence-electron chi connectivity index (χ3n) is 3.83. The largest absolute Gasteiger partial charge is 0.534 e. The molecule has 0 saturated heterocycles. The van der Waals surface area contributed by atoms with Gasteiger partial charge >= 0.3 is 21.3 Å². The predicted octanol–water partition coefficient (Wildman–Crippen LogP) is 2.38. The van der Waals surface area contributed by atoms with Gasteiger partial charge in [-0.15, -0.1) is 11.3 Å². The molecule has 0 aliphatic heterocycles. The second-order valence-corrected chi connectivity index (χ2v) is 8.01. The van der Waals surface area contributed by atoms with E-state index in [0.29, 0.717) is 0 Å². The second kappa shape index (κ2) is 6.31. The number of benzene rings is 1. The van der Waals surface area contributed by atoms with Crippen molar-refractivity contribution in [2.24, 2.45) is 0 Å². The Hall–Kier alpha value is -2.93. The summed E-state index contributed by atoms with van der Waals surface area (Å²) in [7, 11) is -5.88. The van der Waals surface area contributed by atoms with Crippen LogP contribution >= 0.6 is 11.3 Å². The van der Waals surface area contributed by atoms with Crippen molar-refractivity contribution in [2.75, 3.05) is 0 Å². The molecule has 0 aliphatic rings. The highest BCUT2D eigenvalue weighted by molar-refractivity contribution is 7.88. The van der Waals surface area contributed by atoms with Crippen LogP contribution in [0.1, 0.15) is 5.56 Å². The van der Waals surface area contributed by atoms with Gasteiger partial charge in [0.1, 0.15) is 11.2 Å². The quantitative estimate of drug-likeness (QED) is 0.364. The first-order valence-electron chi connectivity index (χ1n) is 7.57. The van der Waals surface area contributed by atoms with E-state index in [1.54, 1.807) is 30.3 Å². The minimum atomic E-state index is -5.88. The Bertz CT molecular complexity index is 1340. The zero-order valence-electron chi connectivity index (χ0n) is 13.6. The molecule has 8 nitrogen and oxygen atoms in total. The van der Waals surface area contributed by atoms with E-state index >= 15 is 0 Å². The van der Waals surface area contributed by atoms with Crippen molar-refractivity contribution in [3.05, 3.63) is 58.1 Å². The summed E-state index contributed by atoms with van der Waals surface area (Å²) in [6.07, 6.45) is 1.04. The Morgan fingerprint density at radius 1 is 1.18 bits per heavy atom. The lowest BCUT2D eigenvalue weighted by Gasteiger charge is -2.10. The maximum absolute atomic E-state index is 12.8. The summed E-state index contributed by atoms with van der Waals surface area (Å²) < 4.78 is 67.4. The van der Waals surface area contributed by atoms with Crippen LogP contribution in [0.15, 0.2) is 46.8 Å². The molecule has 0 bridgehead atoms. The minimum absolute atomic E-state index is 0.0501. The average Bonchev–Trinajstić information content (AvgIpc) is 3.25. The van der Waals surface area contributed by atoms with Crippen LogP contribution < -0.4 is 9.87 Å². The van der Waals surface area contributed by atoms with E-state index in [0.717, 1.165) is 33.1 Å².